The van der Waals surface area contributed by atoms with E-state index < -0.39 is 42.3 Å². The van der Waals surface area contributed by atoms with Gasteiger partial charge in [-0.1, -0.05) is 0 Å². The van der Waals surface area contributed by atoms with E-state index in [2.05, 4.69) is 4.74 Å². The number of aliphatic hydroxyl groups excluding tert-OH is 2. The Labute approximate surface area is 83.6 Å². The van der Waals surface area contributed by atoms with Crippen LogP contribution in [0.5, 0.6) is 0 Å². The Morgan fingerprint density at radius 2 is 1.80 bits per heavy atom. The zero-order valence-electron chi connectivity index (χ0n) is 7.48. The summed E-state index contributed by atoms with van der Waals surface area (Å²) in [5.41, 5.74) is 0. The third kappa shape index (κ3) is 4.29. The highest BCUT2D eigenvalue weighted by atomic mass is 19.2. The number of ether oxygens (including phenoxy) is 1. The normalized spacial score (nSPS) is 15.0. The highest BCUT2D eigenvalue weighted by molar-refractivity contribution is 4.72. The van der Waals surface area contributed by atoms with Crippen LogP contribution < -0.4 is 0 Å². The number of hydroxylamine groups is 4. The molecule has 0 aliphatic heterocycles. The van der Waals surface area contributed by atoms with E-state index in [9.17, 15) is 14.8 Å². The van der Waals surface area contributed by atoms with E-state index >= 15 is 0 Å². The third-order valence-electron chi connectivity index (χ3n) is 1.39. The lowest BCUT2D eigenvalue weighted by atomic mass is 10.4. The largest absolute Gasteiger partial charge is 0.759 e. The first kappa shape index (κ1) is 14.6. The van der Waals surface area contributed by atoms with Gasteiger partial charge in [0.1, 0.15) is 12.7 Å². The second-order valence-electron chi connectivity index (χ2n) is 2.62. The summed E-state index contributed by atoms with van der Waals surface area (Å²) in [5.74, 6) is -3.71. The third-order valence-corrected chi connectivity index (χ3v) is 1.39. The number of nitrogens with zero attached hydrogens (tertiary/aromatic N) is 2. The van der Waals surface area contributed by atoms with E-state index in [1.165, 1.54) is 0 Å². The van der Waals surface area contributed by atoms with Crippen LogP contribution in [0.4, 0.5) is 4.39 Å². The molecule has 10 heteroatoms. The monoisotopic (exact) mass is 230 g/mol. The summed E-state index contributed by atoms with van der Waals surface area (Å²) in [7, 11) is 0. The van der Waals surface area contributed by atoms with Gasteiger partial charge in [0.2, 0.25) is 0 Å². The molecule has 1 unspecified atom stereocenters. The summed E-state index contributed by atoms with van der Waals surface area (Å²) < 4.78 is 17.3. The zero-order chi connectivity index (χ0) is 12.1. The Bertz CT molecular complexity index is 173. The van der Waals surface area contributed by atoms with Crippen molar-refractivity contribution in [1.82, 2.24) is 10.5 Å². The van der Waals surface area contributed by atoms with Crippen LogP contribution in [0.1, 0.15) is 0 Å². The van der Waals surface area contributed by atoms with Gasteiger partial charge in [0.15, 0.2) is 0 Å². The fourth-order valence-electron chi connectivity index (χ4n) is 0.561. The minimum atomic E-state index is -3.71. The lowest BCUT2D eigenvalue weighted by Gasteiger charge is -2.44. The van der Waals surface area contributed by atoms with Gasteiger partial charge in [0, 0.05) is 0 Å². The smallest absolute Gasteiger partial charge is 0.264 e. The maximum Gasteiger partial charge on any atom is 0.264 e. The van der Waals surface area contributed by atoms with Crippen molar-refractivity contribution in [3.63, 3.8) is 0 Å². The number of halogens is 1. The van der Waals surface area contributed by atoms with Crippen LogP contribution in [0, 0.1) is 10.4 Å². The van der Waals surface area contributed by atoms with Gasteiger partial charge < -0.3 is 35.8 Å². The van der Waals surface area contributed by atoms with E-state index in [0.717, 1.165) is 0 Å². The molecule has 0 rings (SSSR count). The molecule has 92 valence electrons. The summed E-state index contributed by atoms with van der Waals surface area (Å²) in [6, 6.07) is 0. The second kappa shape index (κ2) is 6.22. The van der Waals surface area contributed by atoms with Crippen molar-refractivity contribution in [2.75, 3.05) is 19.8 Å². The summed E-state index contributed by atoms with van der Waals surface area (Å²) in [5, 5.41) is 50.9. The predicted molar refractivity (Wildman–Crippen MR) is 41.7 cm³/mol. The summed E-state index contributed by atoms with van der Waals surface area (Å²) >= 11 is 0. The molecule has 1 atom stereocenters. The van der Waals surface area contributed by atoms with Crippen LogP contribution in [-0.2, 0) is 4.74 Å². The number of aliphatic hydroxyl groups is 2. The van der Waals surface area contributed by atoms with Gasteiger partial charge >= 0.3 is 0 Å². The van der Waals surface area contributed by atoms with E-state index in [-0.39, 0.29) is 0 Å². The minimum absolute atomic E-state index is 0.580. The predicted octanol–water partition coefficient (Wildman–Crippen LogP) is -1.64. The molecule has 4 N–H and O–H groups in total. The Kier molecular flexibility index (Phi) is 6.04. The summed E-state index contributed by atoms with van der Waals surface area (Å²) in [4.78, 5) is 0. The first-order chi connectivity index (χ1) is 6.84. The molecule has 0 aromatic heterocycles. The topological polar surface area (TPSA) is 143 Å². The van der Waals surface area contributed by atoms with Crippen molar-refractivity contribution in [2.24, 2.45) is 0 Å². The lowest BCUT2D eigenvalue weighted by Crippen LogP contribution is -2.54. The van der Waals surface area contributed by atoms with E-state index in [0.29, 0.717) is 0 Å². The quantitative estimate of drug-likeness (QED) is 0.230. The molecule has 9 nitrogen and oxygen atoms in total. The Hall–Kier alpha value is -0.430. The molecule has 0 radical (unpaired) electrons. The van der Waals surface area contributed by atoms with Crippen LogP contribution in [0.15, 0.2) is 0 Å². The molecule has 0 aromatic rings. The highest BCUT2D eigenvalue weighted by Gasteiger charge is 2.33. The molecule has 0 spiro atoms. The van der Waals surface area contributed by atoms with Gasteiger partial charge in [-0.2, -0.15) is 0 Å². The van der Waals surface area contributed by atoms with Crippen molar-refractivity contribution >= 4 is 0 Å². The molecule has 0 saturated heterocycles. The van der Waals surface area contributed by atoms with Crippen LogP contribution in [0.3, 0.4) is 0 Å². The molecule has 0 saturated carbocycles. The first-order valence-corrected chi connectivity index (χ1v) is 3.72. The van der Waals surface area contributed by atoms with Gasteiger partial charge in [-0.3, -0.25) is 0 Å². The number of hydrogen-bond acceptors (Lipinski definition) is 9. The van der Waals surface area contributed by atoms with Crippen molar-refractivity contribution < 1.29 is 29.8 Å². The Morgan fingerprint density at radius 3 is 2.13 bits per heavy atom. The lowest BCUT2D eigenvalue weighted by molar-refractivity contribution is -0.338. The van der Waals surface area contributed by atoms with Crippen LogP contribution in [0.2, 0.25) is 0 Å². The van der Waals surface area contributed by atoms with Crippen molar-refractivity contribution in [1.29, 1.82) is 0 Å². The van der Waals surface area contributed by atoms with Gasteiger partial charge in [0.25, 0.3) is 5.92 Å². The minimum Gasteiger partial charge on any atom is -0.759 e. The maximum absolute atomic E-state index is 13.0. The van der Waals surface area contributed by atoms with E-state index in [1.807, 2.05) is 0 Å². The number of hydrogen-bond donors (Lipinski definition) is 4. The fourth-order valence-corrected chi connectivity index (χ4v) is 0.561. The SMILES string of the molecule is [O-]N(O)C(F)(COCC(O)CO)N([O-])O. The maximum atomic E-state index is 13.0. The fraction of sp³-hybridized carbons (Fsp3) is 1.00. The molecule has 15 heavy (non-hydrogen) atoms. The summed E-state index contributed by atoms with van der Waals surface area (Å²) in [6.07, 6.45) is -1.33. The van der Waals surface area contributed by atoms with Crippen molar-refractivity contribution in [2.45, 2.75) is 12.0 Å². The average Bonchev–Trinajstić information content (AvgIpc) is 2.16. The number of alkyl halides is 1. The molecular formula is C5H11FN2O7-2. The Morgan fingerprint density at radius 1 is 1.33 bits per heavy atom. The molecule has 0 aromatic carbocycles. The highest BCUT2D eigenvalue weighted by Crippen LogP contribution is 2.18. The van der Waals surface area contributed by atoms with Crippen molar-refractivity contribution in [3.8, 4) is 0 Å². The molecule has 0 bridgehead atoms. The van der Waals surface area contributed by atoms with Crippen LogP contribution >= 0.6 is 0 Å². The van der Waals surface area contributed by atoms with Gasteiger partial charge in [0.05, 0.1) is 13.2 Å². The first-order valence-electron chi connectivity index (χ1n) is 3.72. The van der Waals surface area contributed by atoms with Crippen molar-refractivity contribution in [3.05, 3.63) is 10.4 Å². The standard InChI is InChI=1S/C5H11FN2O7/c6-5(7(11)12,8(13)14)3-15-2-4(10)1-9/h4,9-11,13H,1-3H2/q-2. The molecule has 0 aliphatic carbocycles. The van der Waals surface area contributed by atoms with E-state index in [1.54, 1.807) is 0 Å². The molecule has 0 fully saturated rings. The van der Waals surface area contributed by atoms with Crippen LogP contribution in [0.25, 0.3) is 0 Å². The average molecular weight is 230 g/mol. The second-order valence-corrected chi connectivity index (χ2v) is 2.62. The van der Waals surface area contributed by atoms with Gasteiger partial charge in [-0.15, -0.1) is 0 Å². The van der Waals surface area contributed by atoms with Gasteiger partial charge in [-0.05, 0) is 0 Å². The Balaban J connectivity index is 4.09. The molecule has 0 amide bonds. The molecule has 0 heterocycles. The molecule has 0 aliphatic rings. The van der Waals surface area contributed by atoms with Crippen LogP contribution in [-0.4, -0.2) is 62.9 Å². The zero-order valence-corrected chi connectivity index (χ0v) is 7.48. The summed E-state index contributed by atoms with van der Waals surface area (Å²) in [6.45, 7) is -2.56. The van der Waals surface area contributed by atoms with E-state index in [4.69, 9.17) is 20.6 Å². The van der Waals surface area contributed by atoms with Gasteiger partial charge in [-0.25, -0.2) is 14.8 Å². The number of rotatable bonds is 7. The molecular weight excluding hydrogens is 219 g/mol.